The van der Waals surface area contributed by atoms with E-state index >= 15 is 0 Å². The summed E-state index contributed by atoms with van der Waals surface area (Å²) < 4.78 is 5.07. The minimum absolute atomic E-state index is 0.107. The molecule has 1 unspecified atom stereocenters. The van der Waals surface area contributed by atoms with Crippen LogP contribution >= 0.6 is 0 Å². The predicted molar refractivity (Wildman–Crippen MR) is 59.4 cm³/mol. The number of rotatable bonds is 2. The molecule has 6 nitrogen and oxygen atoms in total. The lowest BCUT2D eigenvalue weighted by Gasteiger charge is -2.33. The van der Waals surface area contributed by atoms with Gasteiger partial charge in [-0.05, 0) is 13.3 Å². The molecule has 17 heavy (non-hydrogen) atoms. The van der Waals surface area contributed by atoms with Gasteiger partial charge < -0.3 is 14.6 Å². The van der Waals surface area contributed by atoms with Crippen LogP contribution in [0.4, 0.5) is 0 Å². The second-order valence-corrected chi connectivity index (χ2v) is 3.98. The van der Waals surface area contributed by atoms with E-state index in [4.69, 9.17) is 4.42 Å². The van der Waals surface area contributed by atoms with Gasteiger partial charge in [0.1, 0.15) is 6.04 Å². The molecule has 6 heteroatoms. The van der Waals surface area contributed by atoms with Crippen molar-refractivity contribution >= 4 is 11.8 Å². The molecule has 2 amide bonds. The Bertz CT molecular complexity index is 441. The maximum atomic E-state index is 12.2. The lowest BCUT2D eigenvalue weighted by molar-refractivity contribution is -0.127. The first-order chi connectivity index (χ1) is 8.15. The van der Waals surface area contributed by atoms with Gasteiger partial charge in [-0.15, -0.1) is 0 Å². The molecule has 1 saturated heterocycles. The Balaban J connectivity index is 2.24. The molecule has 0 aromatic carbocycles. The minimum Gasteiger partial charge on any atom is -0.438 e. The second kappa shape index (κ2) is 4.57. The zero-order chi connectivity index (χ0) is 12.4. The van der Waals surface area contributed by atoms with Gasteiger partial charge in [-0.2, -0.15) is 0 Å². The molecule has 1 aromatic rings. The normalized spacial score (nSPS) is 20.2. The Kier molecular flexibility index (Phi) is 3.12. The van der Waals surface area contributed by atoms with E-state index in [-0.39, 0.29) is 17.6 Å². The zero-order valence-corrected chi connectivity index (χ0v) is 9.90. The number of carbonyl (C=O) groups is 2. The Morgan fingerprint density at radius 2 is 2.47 bits per heavy atom. The fourth-order valence-corrected chi connectivity index (χ4v) is 2.00. The van der Waals surface area contributed by atoms with Crippen LogP contribution in [0, 0.1) is 6.92 Å². The summed E-state index contributed by atoms with van der Waals surface area (Å²) in [4.78, 5) is 29.3. The minimum atomic E-state index is -0.416. The van der Waals surface area contributed by atoms with E-state index in [1.54, 1.807) is 11.8 Å². The standard InChI is InChI=1S/C11H15N3O3/c1-3-8-10(15)12-4-5-14(8)11(16)9-7(2)13-6-17-9/h6,8H,3-5H2,1-2H3,(H,12,15). The third-order valence-electron chi connectivity index (χ3n) is 2.92. The van der Waals surface area contributed by atoms with Gasteiger partial charge in [-0.3, -0.25) is 9.59 Å². The smallest absolute Gasteiger partial charge is 0.292 e. The first kappa shape index (κ1) is 11.6. The number of nitrogens with one attached hydrogen (secondary N) is 1. The van der Waals surface area contributed by atoms with E-state index in [9.17, 15) is 9.59 Å². The molecule has 2 rings (SSSR count). The van der Waals surface area contributed by atoms with Crippen LogP contribution in [0.15, 0.2) is 10.8 Å². The Hall–Kier alpha value is -1.85. The number of hydrogen-bond donors (Lipinski definition) is 1. The van der Waals surface area contributed by atoms with Crippen molar-refractivity contribution in [3.05, 3.63) is 17.8 Å². The van der Waals surface area contributed by atoms with Gasteiger partial charge in [-0.1, -0.05) is 6.92 Å². The number of hydrogen-bond acceptors (Lipinski definition) is 4. The number of aromatic nitrogens is 1. The molecule has 0 saturated carbocycles. The van der Waals surface area contributed by atoms with Crippen LogP contribution in [0.2, 0.25) is 0 Å². The number of nitrogens with zero attached hydrogens (tertiary/aromatic N) is 2. The van der Waals surface area contributed by atoms with E-state index in [1.165, 1.54) is 6.39 Å². The molecule has 1 fully saturated rings. The van der Waals surface area contributed by atoms with Crippen molar-refractivity contribution in [1.82, 2.24) is 15.2 Å². The number of piperazine rings is 1. The van der Waals surface area contributed by atoms with Crippen molar-refractivity contribution in [3.8, 4) is 0 Å². The Morgan fingerprint density at radius 3 is 3.06 bits per heavy atom. The predicted octanol–water partition coefficient (Wildman–Crippen LogP) is 0.334. The third-order valence-corrected chi connectivity index (χ3v) is 2.92. The molecule has 1 N–H and O–H groups in total. The molecule has 1 aliphatic heterocycles. The summed E-state index contributed by atoms with van der Waals surface area (Å²) in [6.07, 6.45) is 1.83. The highest BCUT2D eigenvalue weighted by molar-refractivity contribution is 5.96. The van der Waals surface area contributed by atoms with E-state index in [2.05, 4.69) is 10.3 Å². The lowest BCUT2D eigenvalue weighted by Crippen LogP contribution is -2.56. The summed E-state index contributed by atoms with van der Waals surface area (Å²) in [5.74, 6) is -0.149. The van der Waals surface area contributed by atoms with Gasteiger partial charge in [0.15, 0.2) is 6.39 Å². The van der Waals surface area contributed by atoms with Crippen LogP contribution in [-0.2, 0) is 4.79 Å². The number of aryl methyl sites for hydroxylation is 1. The molecular weight excluding hydrogens is 222 g/mol. The maximum Gasteiger partial charge on any atom is 0.292 e. The molecule has 1 aromatic heterocycles. The summed E-state index contributed by atoms with van der Waals surface area (Å²) in [6.45, 7) is 4.57. The molecule has 0 spiro atoms. The fourth-order valence-electron chi connectivity index (χ4n) is 2.00. The van der Waals surface area contributed by atoms with Crippen LogP contribution in [-0.4, -0.2) is 40.8 Å². The van der Waals surface area contributed by atoms with Crippen molar-refractivity contribution in [3.63, 3.8) is 0 Å². The molecular formula is C11H15N3O3. The van der Waals surface area contributed by atoms with Gasteiger partial charge in [0.25, 0.3) is 5.91 Å². The number of carbonyl (C=O) groups excluding carboxylic acids is 2. The monoisotopic (exact) mass is 237 g/mol. The van der Waals surface area contributed by atoms with Crippen molar-refractivity contribution in [2.24, 2.45) is 0 Å². The third kappa shape index (κ3) is 2.02. The fraction of sp³-hybridized carbons (Fsp3) is 0.545. The van der Waals surface area contributed by atoms with Crippen molar-refractivity contribution in [2.75, 3.05) is 13.1 Å². The zero-order valence-electron chi connectivity index (χ0n) is 9.90. The second-order valence-electron chi connectivity index (χ2n) is 3.98. The lowest BCUT2D eigenvalue weighted by atomic mass is 10.1. The van der Waals surface area contributed by atoms with Crippen LogP contribution in [0.5, 0.6) is 0 Å². The molecule has 0 radical (unpaired) electrons. The van der Waals surface area contributed by atoms with Crippen molar-refractivity contribution in [1.29, 1.82) is 0 Å². The van der Waals surface area contributed by atoms with Crippen molar-refractivity contribution in [2.45, 2.75) is 26.3 Å². The van der Waals surface area contributed by atoms with Gasteiger partial charge in [-0.25, -0.2) is 4.98 Å². The SMILES string of the molecule is CCC1C(=O)NCCN1C(=O)c1ocnc1C. The molecule has 2 heterocycles. The summed E-state index contributed by atoms with van der Waals surface area (Å²) in [5.41, 5.74) is 0.552. The van der Waals surface area contributed by atoms with Crippen molar-refractivity contribution < 1.29 is 14.0 Å². The average Bonchev–Trinajstić information content (AvgIpc) is 2.74. The molecule has 0 aliphatic carbocycles. The molecule has 1 atom stereocenters. The first-order valence-corrected chi connectivity index (χ1v) is 5.64. The van der Waals surface area contributed by atoms with Gasteiger partial charge in [0.2, 0.25) is 11.7 Å². The van der Waals surface area contributed by atoms with E-state index in [0.717, 1.165) is 0 Å². The van der Waals surface area contributed by atoms with Crippen LogP contribution < -0.4 is 5.32 Å². The highest BCUT2D eigenvalue weighted by Gasteiger charge is 2.34. The topological polar surface area (TPSA) is 75.4 Å². The Morgan fingerprint density at radius 1 is 1.71 bits per heavy atom. The van der Waals surface area contributed by atoms with Gasteiger partial charge in [0.05, 0.1) is 5.69 Å². The van der Waals surface area contributed by atoms with Crippen LogP contribution in [0.3, 0.4) is 0 Å². The van der Waals surface area contributed by atoms with Gasteiger partial charge >= 0.3 is 0 Å². The van der Waals surface area contributed by atoms with Crippen LogP contribution in [0.25, 0.3) is 0 Å². The summed E-state index contributed by atoms with van der Waals surface area (Å²) in [5, 5.41) is 2.75. The van der Waals surface area contributed by atoms with E-state index in [0.29, 0.717) is 25.2 Å². The van der Waals surface area contributed by atoms with E-state index in [1.807, 2.05) is 6.92 Å². The first-order valence-electron chi connectivity index (χ1n) is 5.64. The number of amides is 2. The summed E-state index contributed by atoms with van der Waals surface area (Å²) in [7, 11) is 0. The highest BCUT2D eigenvalue weighted by Crippen LogP contribution is 2.15. The maximum absolute atomic E-state index is 12.2. The summed E-state index contributed by atoms with van der Waals surface area (Å²) >= 11 is 0. The Labute approximate surface area is 99.0 Å². The average molecular weight is 237 g/mol. The largest absolute Gasteiger partial charge is 0.438 e. The molecule has 0 bridgehead atoms. The van der Waals surface area contributed by atoms with E-state index < -0.39 is 6.04 Å². The highest BCUT2D eigenvalue weighted by atomic mass is 16.3. The van der Waals surface area contributed by atoms with Gasteiger partial charge in [0, 0.05) is 13.1 Å². The number of oxazole rings is 1. The van der Waals surface area contributed by atoms with Crippen LogP contribution in [0.1, 0.15) is 29.6 Å². The summed E-state index contributed by atoms with van der Waals surface area (Å²) in [6, 6.07) is -0.416. The molecule has 92 valence electrons. The quantitative estimate of drug-likeness (QED) is 0.804. The molecule has 1 aliphatic rings.